The Balaban J connectivity index is 1.66. The van der Waals surface area contributed by atoms with Gasteiger partial charge in [0, 0.05) is 38.0 Å². The van der Waals surface area contributed by atoms with Crippen LogP contribution in [0.1, 0.15) is 50.3 Å². The first kappa shape index (κ1) is 26.1. The predicted molar refractivity (Wildman–Crippen MR) is 138 cm³/mol. The highest BCUT2D eigenvalue weighted by atomic mass is 16.5. The lowest BCUT2D eigenvalue weighted by Gasteiger charge is -2.28. The van der Waals surface area contributed by atoms with Crippen molar-refractivity contribution in [2.75, 3.05) is 13.7 Å². The number of methoxy groups -OCH3 is 1. The number of benzene rings is 1. The summed E-state index contributed by atoms with van der Waals surface area (Å²) in [5.74, 6) is 0.339. The number of hydrogen-bond donors (Lipinski definition) is 2. The van der Waals surface area contributed by atoms with E-state index in [-0.39, 0.29) is 17.7 Å². The number of rotatable bonds is 10. The molecule has 9 nitrogen and oxygen atoms in total. The van der Waals surface area contributed by atoms with Crippen LogP contribution < -0.4 is 10.9 Å². The maximum Gasteiger partial charge on any atom is 0.326 e. The molecule has 4 rings (SSSR count). The molecule has 0 aliphatic heterocycles. The van der Waals surface area contributed by atoms with E-state index >= 15 is 0 Å². The highest BCUT2D eigenvalue weighted by Crippen LogP contribution is 2.29. The molecule has 1 saturated carbocycles. The summed E-state index contributed by atoms with van der Waals surface area (Å²) < 4.78 is 14.7. The van der Waals surface area contributed by atoms with Crippen LogP contribution in [0.5, 0.6) is 0 Å². The number of fused-ring (bicyclic) bond motifs is 1. The van der Waals surface area contributed by atoms with Gasteiger partial charge in [-0.2, -0.15) is 0 Å². The average Bonchev–Trinajstić information content (AvgIpc) is 3.18. The largest absolute Gasteiger partial charge is 0.461 e. The first-order chi connectivity index (χ1) is 17.2. The second kappa shape index (κ2) is 10.9. The van der Waals surface area contributed by atoms with Crippen LogP contribution in [0.3, 0.4) is 0 Å². The zero-order valence-electron chi connectivity index (χ0n) is 21.7. The number of aliphatic hydroxyl groups excluding tert-OH is 1. The summed E-state index contributed by atoms with van der Waals surface area (Å²) in [7, 11) is 3.41. The van der Waals surface area contributed by atoms with Gasteiger partial charge in [-0.05, 0) is 63.8 Å². The molecule has 1 aliphatic rings. The minimum atomic E-state index is -0.881. The van der Waals surface area contributed by atoms with Gasteiger partial charge in [0.15, 0.2) is 0 Å². The Hall–Kier alpha value is -3.01. The number of nitrogens with one attached hydrogen (secondary N) is 1. The molecule has 0 amide bonds. The van der Waals surface area contributed by atoms with E-state index in [1.54, 1.807) is 38.8 Å². The number of ether oxygens (including phenoxy) is 2. The Morgan fingerprint density at radius 2 is 2.03 bits per heavy atom. The summed E-state index contributed by atoms with van der Waals surface area (Å²) in [5, 5.41) is 13.4. The van der Waals surface area contributed by atoms with Crippen LogP contribution in [0.25, 0.3) is 22.4 Å². The van der Waals surface area contributed by atoms with E-state index < -0.39 is 18.1 Å². The Labute approximate surface area is 211 Å². The van der Waals surface area contributed by atoms with Gasteiger partial charge in [0.2, 0.25) is 0 Å². The molecular weight excluding hydrogens is 460 g/mol. The van der Waals surface area contributed by atoms with Crippen molar-refractivity contribution in [2.45, 2.75) is 70.9 Å². The van der Waals surface area contributed by atoms with E-state index in [1.165, 1.54) is 0 Å². The number of pyridine rings is 1. The Kier molecular flexibility index (Phi) is 7.92. The van der Waals surface area contributed by atoms with Crippen LogP contribution in [0, 0.1) is 6.92 Å². The third kappa shape index (κ3) is 5.38. The second-order valence-electron chi connectivity index (χ2n) is 9.85. The number of carbonyl (C=O) groups is 1. The van der Waals surface area contributed by atoms with Gasteiger partial charge in [0.1, 0.15) is 18.0 Å². The van der Waals surface area contributed by atoms with Crippen molar-refractivity contribution in [2.24, 2.45) is 7.05 Å². The van der Waals surface area contributed by atoms with Crippen LogP contribution in [0.2, 0.25) is 0 Å². The van der Waals surface area contributed by atoms with Crippen molar-refractivity contribution >= 4 is 17.0 Å². The number of imidazole rings is 1. The first-order valence-electron chi connectivity index (χ1n) is 12.5. The second-order valence-corrected chi connectivity index (χ2v) is 9.85. The van der Waals surface area contributed by atoms with Crippen molar-refractivity contribution in [3.05, 3.63) is 51.9 Å². The molecule has 0 bridgehead atoms. The van der Waals surface area contributed by atoms with Crippen molar-refractivity contribution < 1.29 is 19.4 Å². The van der Waals surface area contributed by atoms with Crippen LogP contribution in [0.15, 0.2) is 35.3 Å². The van der Waals surface area contributed by atoms with Crippen LogP contribution in [-0.4, -0.2) is 57.2 Å². The molecule has 2 unspecified atom stereocenters. The molecule has 0 radical (unpaired) electrons. The first-order valence-corrected chi connectivity index (χ1v) is 12.5. The average molecular weight is 497 g/mol. The molecule has 9 heteroatoms. The summed E-state index contributed by atoms with van der Waals surface area (Å²) in [5.41, 5.74) is 4.14. The summed E-state index contributed by atoms with van der Waals surface area (Å²) >= 11 is 0. The van der Waals surface area contributed by atoms with E-state index in [0.29, 0.717) is 18.7 Å². The van der Waals surface area contributed by atoms with Gasteiger partial charge >= 0.3 is 5.97 Å². The highest BCUT2D eigenvalue weighted by molar-refractivity contribution is 5.82. The van der Waals surface area contributed by atoms with E-state index in [0.717, 1.165) is 47.2 Å². The fourth-order valence-corrected chi connectivity index (χ4v) is 4.62. The third-order valence-electron chi connectivity index (χ3n) is 6.82. The minimum absolute atomic E-state index is 0.0154. The van der Waals surface area contributed by atoms with Crippen LogP contribution >= 0.6 is 0 Å². The van der Waals surface area contributed by atoms with Gasteiger partial charge in [0.05, 0.1) is 29.8 Å². The molecular formula is C27H36N4O5. The number of aromatic nitrogens is 3. The predicted octanol–water partition coefficient (Wildman–Crippen LogP) is 2.85. The lowest BCUT2D eigenvalue weighted by Crippen LogP contribution is -2.47. The number of aliphatic hydroxyl groups is 1. The van der Waals surface area contributed by atoms with Gasteiger partial charge in [0.25, 0.3) is 5.56 Å². The van der Waals surface area contributed by atoms with Gasteiger partial charge < -0.3 is 23.7 Å². The smallest absolute Gasteiger partial charge is 0.326 e. The Morgan fingerprint density at radius 3 is 2.64 bits per heavy atom. The molecule has 1 fully saturated rings. The van der Waals surface area contributed by atoms with Gasteiger partial charge in [-0.15, -0.1) is 0 Å². The van der Waals surface area contributed by atoms with E-state index in [2.05, 4.69) is 16.8 Å². The summed E-state index contributed by atoms with van der Waals surface area (Å²) in [6.07, 6.45) is 3.73. The highest BCUT2D eigenvalue weighted by Gasteiger charge is 2.29. The van der Waals surface area contributed by atoms with Crippen molar-refractivity contribution in [3.63, 3.8) is 0 Å². The fourth-order valence-electron chi connectivity index (χ4n) is 4.62. The molecule has 3 aromatic rings. The number of hydrogen-bond acceptors (Lipinski definition) is 7. The Morgan fingerprint density at radius 1 is 1.28 bits per heavy atom. The number of aryl methyl sites for hydroxylation is 2. The number of esters is 1. The van der Waals surface area contributed by atoms with E-state index in [4.69, 9.17) is 14.5 Å². The zero-order chi connectivity index (χ0) is 26.0. The molecule has 2 aromatic heterocycles. The minimum Gasteiger partial charge on any atom is -0.461 e. The maximum atomic E-state index is 12.6. The number of carbonyl (C=O) groups excluding carboxylic acids is 1. The van der Waals surface area contributed by atoms with Gasteiger partial charge in [-0.3, -0.25) is 14.9 Å². The van der Waals surface area contributed by atoms with Crippen molar-refractivity contribution in [1.29, 1.82) is 0 Å². The molecule has 0 saturated heterocycles. The summed E-state index contributed by atoms with van der Waals surface area (Å²) in [4.78, 5) is 29.7. The topological polar surface area (TPSA) is 108 Å². The van der Waals surface area contributed by atoms with Crippen LogP contribution in [-0.2, 0) is 27.9 Å². The summed E-state index contributed by atoms with van der Waals surface area (Å²) in [6, 6.07) is 6.99. The standard InChI is InChI=1S/C27H36N4O5/c1-16-11-20(14-30(4)26(16)33)25-29-22-10-9-19(12-23(22)31(25)17(2)15-35-5)13-28-24(18(3)32)27(34)36-21-7-6-8-21/h9-12,14,17-18,21,24,28,32H,6-8,13,15H2,1-5H3/t17-,18?,24?/m0/s1. The number of nitrogens with zero attached hydrogens (tertiary/aromatic N) is 3. The normalized spacial score (nSPS) is 16.5. The fraction of sp³-hybridized carbons (Fsp3) is 0.519. The molecule has 2 heterocycles. The Bertz CT molecular complexity index is 1270. The lowest BCUT2D eigenvalue weighted by molar-refractivity contribution is -0.158. The molecule has 2 N–H and O–H groups in total. The zero-order valence-corrected chi connectivity index (χ0v) is 21.7. The van der Waals surface area contributed by atoms with Crippen molar-refractivity contribution in [3.8, 4) is 11.4 Å². The maximum absolute atomic E-state index is 12.6. The van der Waals surface area contributed by atoms with Gasteiger partial charge in [-0.25, -0.2) is 4.98 Å². The quantitative estimate of drug-likeness (QED) is 0.416. The molecule has 1 aliphatic carbocycles. The van der Waals surface area contributed by atoms with Crippen LogP contribution in [0.4, 0.5) is 0 Å². The monoisotopic (exact) mass is 496 g/mol. The van der Waals surface area contributed by atoms with Gasteiger partial charge in [-0.1, -0.05) is 6.07 Å². The third-order valence-corrected chi connectivity index (χ3v) is 6.82. The van der Waals surface area contributed by atoms with Crippen molar-refractivity contribution in [1.82, 2.24) is 19.4 Å². The SMILES string of the molecule is COC[C@H](C)n1c(-c2cc(C)c(=O)n(C)c2)nc2ccc(CNC(C(=O)OC3CCC3)C(C)O)cc21. The lowest BCUT2D eigenvalue weighted by atomic mass is 9.96. The molecule has 36 heavy (non-hydrogen) atoms. The molecule has 3 atom stereocenters. The molecule has 0 spiro atoms. The molecule has 194 valence electrons. The van der Waals surface area contributed by atoms with E-state index in [1.807, 2.05) is 24.3 Å². The van der Waals surface area contributed by atoms with E-state index in [9.17, 15) is 14.7 Å². The molecule has 1 aromatic carbocycles. The summed E-state index contributed by atoms with van der Waals surface area (Å²) in [6.45, 7) is 6.32.